The van der Waals surface area contributed by atoms with Crippen molar-refractivity contribution < 1.29 is 8.83 Å². The van der Waals surface area contributed by atoms with E-state index < -0.39 is 0 Å². The molecule has 3 heterocycles. The van der Waals surface area contributed by atoms with Crippen molar-refractivity contribution in [1.82, 2.24) is 0 Å². The number of anilines is 3. The van der Waals surface area contributed by atoms with Crippen LogP contribution in [0.3, 0.4) is 0 Å². The number of hydrogen-bond donors (Lipinski definition) is 0. The van der Waals surface area contributed by atoms with Crippen molar-refractivity contribution in [3.8, 4) is 22.3 Å². The van der Waals surface area contributed by atoms with Crippen LogP contribution in [0.4, 0.5) is 17.1 Å². The molecule has 0 N–H and O–H groups in total. The monoisotopic (exact) mass is 683 g/mol. The predicted octanol–water partition coefficient (Wildman–Crippen LogP) is 14.7. The van der Waals surface area contributed by atoms with Crippen molar-refractivity contribution in [3.05, 3.63) is 176 Å². The molecule has 11 aromatic rings. The van der Waals surface area contributed by atoms with E-state index >= 15 is 0 Å². The normalized spacial score (nSPS) is 11.8. The largest absolute Gasteiger partial charge is 0.456 e. The first kappa shape index (κ1) is 29.1. The molecule has 0 saturated heterocycles. The van der Waals surface area contributed by atoms with Crippen molar-refractivity contribution in [1.29, 1.82) is 0 Å². The van der Waals surface area contributed by atoms with Gasteiger partial charge < -0.3 is 13.7 Å². The quantitative estimate of drug-likeness (QED) is 0.181. The third-order valence-electron chi connectivity index (χ3n) is 10.3. The summed E-state index contributed by atoms with van der Waals surface area (Å²) in [4.78, 5) is 2.33. The zero-order valence-corrected chi connectivity index (χ0v) is 28.7. The highest BCUT2D eigenvalue weighted by Crippen LogP contribution is 2.48. The third kappa shape index (κ3) is 4.38. The van der Waals surface area contributed by atoms with Crippen molar-refractivity contribution in [3.63, 3.8) is 0 Å². The average molecular weight is 684 g/mol. The lowest BCUT2D eigenvalue weighted by Crippen LogP contribution is -2.10. The lowest BCUT2D eigenvalue weighted by molar-refractivity contribution is 0.668. The Bertz CT molecular complexity index is 3130. The molecule has 8 aromatic carbocycles. The molecule has 3 nitrogen and oxygen atoms in total. The molecule has 0 aliphatic rings. The summed E-state index contributed by atoms with van der Waals surface area (Å²) < 4.78 is 16.0. The zero-order chi connectivity index (χ0) is 34.2. The molecule has 0 radical (unpaired) electrons. The number of fused-ring (bicyclic) bond motifs is 9. The van der Waals surface area contributed by atoms with E-state index in [1.165, 1.54) is 31.3 Å². The summed E-state index contributed by atoms with van der Waals surface area (Å²) in [5, 5.41) is 6.92. The van der Waals surface area contributed by atoms with Gasteiger partial charge in [-0.1, -0.05) is 133 Å². The Balaban J connectivity index is 1.15. The average Bonchev–Trinajstić information content (AvgIpc) is 3.91. The van der Waals surface area contributed by atoms with Crippen molar-refractivity contribution >= 4 is 92.4 Å². The lowest BCUT2D eigenvalue weighted by Gasteiger charge is -2.26. The minimum Gasteiger partial charge on any atom is -0.456 e. The Morgan fingerprint density at radius 3 is 1.87 bits per heavy atom. The van der Waals surface area contributed by atoms with E-state index in [2.05, 4.69) is 163 Å². The van der Waals surface area contributed by atoms with Gasteiger partial charge in [0.1, 0.15) is 16.7 Å². The molecule has 0 aliphatic heterocycles. The van der Waals surface area contributed by atoms with Gasteiger partial charge in [-0.15, -0.1) is 11.3 Å². The fraction of sp³-hybridized carbons (Fsp3) is 0. The van der Waals surface area contributed by atoms with Crippen LogP contribution < -0.4 is 4.90 Å². The Hall–Kier alpha value is -6.62. The fourth-order valence-electron chi connectivity index (χ4n) is 7.94. The Morgan fingerprint density at radius 2 is 1.00 bits per heavy atom. The summed E-state index contributed by atoms with van der Waals surface area (Å²) in [5.74, 6) is 0. The second-order valence-corrected chi connectivity index (χ2v) is 14.3. The molecule has 0 amide bonds. The van der Waals surface area contributed by atoms with Crippen LogP contribution in [0.5, 0.6) is 0 Å². The second-order valence-electron chi connectivity index (χ2n) is 13.2. The van der Waals surface area contributed by atoms with Gasteiger partial charge in [0.2, 0.25) is 0 Å². The van der Waals surface area contributed by atoms with Crippen LogP contribution in [-0.2, 0) is 0 Å². The van der Waals surface area contributed by atoms with Gasteiger partial charge in [-0.3, -0.25) is 0 Å². The van der Waals surface area contributed by atoms with Gasteiger partial charge >= 0.3 is 0 Å². The first-order valence-corrected chi connectivity index (χ1v) is 18.3. The summed E-state index contributed by atoms with van der Waals surface area (Å²) in [5.41, 5.74) is 11.1. The molecule has 0 aliphatic carbocycles. The molecule has 0 spiro atoms. The zero-order valence-electron chi connectivity index (χ0n) is 27.9. The highest BCUT2D eigenvalue weighted by atomic mass is 32.1. The number of para-hydroxylation sites is 3. The standard InChI is InChI=1S/C48H29NO2S/c1-2-12-30(13-3-1)33-16-8-18-36-37-19-10-22-41(47(37)51-46(33)36)49(40-21-11-24-43-45(40)39-15-4-6-23-42(39)50-43)32-28-26-31(27-29-32)34-17-9-20-38-35-14-5-7-25-44(35)52-48(34)38/h1-29H. The first-order chi connectivity index (χ1) is 25.8. The van der Waals surface area contributed by atoms with Gasteiger partial charge in [-0.05, 0) is 59.2 Å². The maximum Gasteiger partial charge on any atom is 0.159 e. The molecule has 0 unspecified atom stereocenters. The number of furan rings is 2. The molecule has 244 valence electrons. The van der Waals surface area contributed by atoms with Crippen molar-refractivity contribution in [2.75, 3.05) is 4.90 Å². The molecular formula is C48H29NO2S. The summed E-state index contributed by atoms with van der Waals surface area (Å²) in [6, 6.07) is 62.3. The molecule has 0 bridgehead atoms. The molecule has 0 fully saturated rings. The highest BCUT2D eigenvalue weighted by molar-refractivity contribution is 7.26. The SMILES string of the molecule is c1ccc(-c2cccc3c2oc2c(N(c4ccc(-c5cccc6c5sc5ccccc56)cc4)c4cccc5oc6ccccc6c45)cccc23)cc1. The van der Waals surface area contributed by atoms with Gasteiger partial charge in [-0.2, -0.15) is 0 Å². The number of thiophene rings is 1. The Labute approximate surface area is 303 Å². The number of rotatable bonds is 5. The minimum absolute atomic E-state index is 0.838. The third-order valence-corrected chi connectivity index (χ3v) is 11.5. The van der Waals surface area contributed by atoms with Gasteiger partial charge in [-0.25, -0.2) is 0 Å². The predicted molar refractivity (Wildman–Crippen MR) is 219 cm³/mol. The second kappa shape index (κ2) is 11.5. The molecule has 11 rings (SSSR count). The molecule has 0 saturated carbocycles. The van der Waals surface area contributed by atoms with E-state index in [1.807, 2.05) is 29.5 Å². The maximum atomic E-state index is 6.98. The van der Waals surface area contributed by atoms with Gasteiger partial charge in [0, 0.05) is 47.6 Å². The molecule has 4 heteroatoms. The number of hydrogen-bond acceptors (Lipinski definition) is 4. The van der Waals surface area contributed by atoms with E-state index in [0.29, 0.717) is 0 Å². The van der Waals surface area contributed by atoms with Crippen molar-refractivity contribution in [2.24, 2.45) is 0 Å². The van der Waals surface area contributed by atoms with Crippen LogP contribution in [0.25, 0.3) is 86.3 Å². The lowest BCUT2D eigenvalue weighted by atomic mass is 10.0. The topological polar surface area (TPSA) is 29.5 Å². The Morgan fingerprint density at radius 1 is 0.385 bits per heavy atom. The van der Waals surface area contributed by atoms with Crippen LogP contribution in [0.1, 0.15) is 0 Å². The van der Waals surface area contributed by atoms with E-state index in [-0.39, 0.29) is 0 Å². The molecule has 0 atom stereocenters. The summed E-state index contributed by atoms with van der Waals surface area (Å²) in [6.07, 6.45) is 0. The number of nitrogens with zero attached hydrogens (tertiary/aromatic N) is 1. The minimum atomic E-state index is 0.838. The van der Waals surface area contributed by atoms with Crippen molar-refractivity contribution in [2.45, 2.75) is 0 Å². The van der Waals surface area contributed by atoms with Crippen LogP contribution in [0.15, 0.2) is 185 Å². The van der Waals surface area contributed by atoms with Gasteiger partial charge in [0.25, 0.3) is 0 Å². The smallest absolute Gasteiger partial charge is 0.159 e. The number of benzene rings is 8. The summed E-state index contributed by atoms with van der Waals surface area (Å²) in [7, 11) is 0. The fourth-order valence-corrected chi connectivity index (χ4v) is 9.18. The molecule has 3 aromatic heterocycles. The van der Waals surface area contributed by atoms with Crippen LogP contribution in [-0.4, -0.2) is 0 Å². The Kier molecular flexibility index (Phi) is 6.42. The van der Waals surface area contributed by atoms with Gasteiger partial charge in [0.05, 0.1) is 16.8 Å². The van der Waals surface area contributed by atoms with Crippen LogP contribution in [0.2, 0.25) is 0 Å². The summed E-state index contributed by atoms with van der Waals surface area (Å²) >= 11 is 1.86. The van der Waals surface area contributed by atoms with Crippen LogP contribution >= 0.6 is 11.3 Å². The van der Waals surface area contributed by atoms with E-state index in [1.54, 1.807) is 0 Å². The van der Waals surface area contributed by atoms with Crippen LogP contribution in [0, 0.1) is 0 Å². The van der Waals surface area contributed by atoms with E-state index in [0.717, 1.165) is 72.1 Å². The van der Waals surface area contributed by atoms with Gasteiger partial charge in [0.15, 0.2) is 5.58 Å². The van der Waals surface area contributed by atoms with E-state index in [9.17, 15) is 0 Å². The van der Waals surface area contributed by atoms with E-state index in [4.69, 9.17) is 8.83 Å². The highest BCUT2D eigenvalue weighted by Gasteiger charge is 2.24. The summed E-state index contributed by atoms with van der Waals surface area (Å²) in [6.45, 7) is 0. The molecular weight excluding hydrogens is 655 g/mol. The first-order valence-electron chi connectivity index (χ1n) is 17.5. The maximum absolute atomic E-state index is 6.98. The molecule has 52 heavy (non-hydrogen) atoms.